The summed E-state index contributed by atoms with van der Waals surface area (Å²) in [7, 11) is 0. The molecule has 0 aromatic heterocycles. The van der Waals surface area contributed by atoms with Gasteiger partial charge in [-0.1, -0.05) is 11.6 Å². The fourth-order valence-corrected chi connectivity index (χ4v) is 3.38. The number of anilines is 1. The number of benzene rings is 1. The largest absolute Gasteiger partial charge is 0.378 e. The maximum atomic E-state index is 12.4. The highest BCUT2D eigenvalue weighted by atomic mass is 35.5. The van der Waals surface area contributed by atoms with E-state index in [1.54, 1.807) is 17.0 Å². The van der Waals surface area contributed by atoms with Gasteiger partial charge < -0.3 is 19.3 Å². The van der Waals surface area contributed by atoms with Crippen LogP contribution in [0.25, 0.3) is 0 Å². The molecule has 1 aromatic carbocycles. The van der Waals surface area contributed by atoms with Crippen LogP contribution in [0, 0.1) is 0 Å². The molecule has 2 heterocycles. The Morgan fingerprint density at radius 1 is 0.960 bits per heavy atom. The van der Waals surface area contributed by atoms with Crippen molar-refractivity contribution >= 4 is 29.0 Å². The monoisotopic (exact) mass is 366 g/mol. The van der Waals surface area contributed by atoms with Crippen molar-refractivity contribution in [3.8, 4) is 0 Å². The first kappa shape index (κ1) is 18.2. The highest BCUT2D eigenvalue weighted by Crippen LogP contribution is 2.28. The zero-order valence-corrected chi connectivity index (χ0v) is 15.0. The Bertz CT molecular complexity index is 626. The number of carbonyl (C=O) groups is 2. The van der Waals surface area contributed by atoms with Gasteiger partial charge in [0.05, 0.1) is 37.1 Å². The normalized spacial score (nSPS) is 18.3. The zero-order chi connectivity index (χ0) is 17.6. The quantitative estimate of drug-likeness (QED) is 0.746. The second kappa shape index (κ2) is 8.65. The lowest BCUT2D eigenvalue weighted by Crippen LogP contribution is -2.40. The molecule has 2 saturated heterocycles. The van der Waals surface area contributed by atoms with E-state index in [4.69, 9.17) is 21.1 Å². The summed E-state index contributed by atoms with van der Waals surface area (Å²) in [5, 5.41) is 0.562. The summed E-state index contributed by atoms with van der Waals surface area (Å²) in [6.45, 7) is 5.29. The fraction of sp³-hybridized carbons (Fsp3) is 0.556. The average molecular weight is 367 g/mol. The molecule has 0 bridgehead atoms. The highest BCUT2D eigenvalue weighted by Gasteiger charge is 2.19. The third kappa shape index (κ3) is 4.71. The van der Waals surface area contributed by atoms with Crippen LogP contribution in [0.1, 0.15) is 23.2 Å². The van der Waals surface area contributed by atoms with Crippen molar-refractivity contribution < 1.29 is 19.1 Å². The van der Waals surface area contributed by atoms with E-state index >= 15 is 0 Å². The Balaban J connectivity index is 1.56. The number of ketones is 1. The minimum absolute atomic E-state index is 0.00711. The number of hydrogen-bond acceptors (Lipinski definition) is 5. The number of ether oxygens (including phenoxy) is 2. The lowest BCUT2D eigenvalue weighted by atomic mass is 10.1. The lowest BCUT2D eigenvalue weighted by molar-refractivity contribution is -0.135. The van der Waals surface area contributed by atoms with Crippen LogP contribution in [0.2, 0.25) is 5.02 Å². The lowest BCUT2D eigenvalue weighted by Gasteiger charge is -2.29. The minimum atomic E-state index is -0.0583. The smallest absolute Gasteiger partial charge is 0.223 e. The number of Topliss-reactive ketones (excluding diaryl/α,β-unsaturated/α-hetero) is 1. The van der Waals surface area contributed by atoms with E-state index in [0.717, 1.165) is 18.8 Å². The van der Waals surface area contributed by atoms with Crippen molar-refractivity contribution in [3.05, 3.63) is 28.8 Å². The Kier molecular flexibility index (Phi) is 6.29. The van der Waals surface area contributed by atoms with Crippen LogP contribution in [0.5, 0.6) is 0 Å². The number of rotatable bonds is 5. The summed E-state index contributed by atoms with van der Waals surface area (Å²) in [4.78, 5) is 28.4. The van der Waals surface area contributed by atoms with Gasteiger partial charge >= 0.3 is 0 Å². The molecule has 0 spiro atoms. The first-order valence-corrected chi connectivity index (χ1v) is 9.04. The standard InChI is InChI=1S/C18H23ClN2O4/c19-15-13-14(1-2-16(15)20-5-9-24-10-6-20)17(22)3-4-18(23)21-7-11-25-12-8-21/h1-2,13H,3-12H2. The summed E-state index contributed by atoms with van der Waals surface area (Å²) >= 11 is 6.37. The maximum absolute atomic E-state index is 12.4. The van der Waals surface area contributed by atoms with E-state index in [-0.39, 0.29) is 24.5 Å². The van der Waals surface area contributed by atoms with Crippen LogP contribution < -0.4 is 4.90 Å². The summed E-state index contributed by atoms with van der Waals surface area (Å²) < 4.78 is 10.6. The third-order valence-electron chi connectivity index (χ3n) is 4.55. The Morgan fingerprint density at radius 2 is 1.60 bits per heavy atom. The summed E-state index contributed by atoms with van der Waals surface area (Å²) in [6, 6.07) is 5.37. The fourth-order valence-electron chi connectivity index (χ4n) is 3.08. The second-order valence-electron chi connectivity index (χ2n) is 6.18. The van der Waals surface area contributed by atoms with Crippen LogP contribution in [0.4, 0.5) is 5.69 Å². The molecule has 0 saturated carbocycles. The number of halogens is 1. The van der Waals surface area contributed by atoms with E-state index in [9.17, 15) is 9.59 Å². The van der Waals surface area contributed by atoms with Gasteiger partial charge in [-0.25, -0.2) is 0 Å². The molecular weight excluding hydrogens is 344 g/mol. The second-order valence-corrected chi connectivity index (χ2v) is 6.59. The molecular formula is C18H23ClN2O4. The minimum Gasteiger partial charge on any atom is -0.378 e. The van der Waals surface area contributed by atoms with Crippen LogP contribution >= 0.6 is 11.6 Å². The number of nitrogens with zero attached hydrogens (tertiary/aromatic N) is 2. The molecule has 25 heavy (non-hydrogen) atoms. The zero-order valence-electron chi connectivity index (χ0n) is 14.2. The van der Waals surface area contributed by atoms with Gasteiger partial charge in [0, 0.05) is 44.6 Å². The molecule has 1 amide bonds. The van der Waals surface area contributed by atoms with Gasteiger partial charge in [-0.2, -0.15) is 0 Å². The molecule has 136 valence electrons. The summed E-state index contributed by atoms with van der Waals surface area (Å²) in [6.07, 6.45) is 0.422. The van der Waals surface area contributed by atoms with Crippen LogP contribution in [0.15, 0.2) is 18.2 Å². The van der Waals surface area contributed by atoms with Gasteiger partial charge in [-0.05, 0) is 18.2 Å². The molecule has 2 aliphatic rings. The highest BCUT2D eigenvalue weighted by molar-refractivity contribution is 6.33. The van der Waals surface area contributed by atoms with E-state index in [1.165, 1.54) is 0 Å². The topological polar surface area (TPSA) is 59.1 Å². The van der Waals surface area contributed by atoms with Crippen LogP contribution in [-0.4, -0.2) is 69.2 Å². The molecule has 0 unspecified atom stereocenters. The molecule has 0 atom stereocenters. The Morgan fingerprint density at radius 3 is 2.24 bits per heavy atom. The maximum Gasteiger partial charge on any atom is 0.223 e. The molecule has 6 nitrogen and oxygen atoms in total. The van der Waals surface area contributed by atoms with E-state index in [1.807, 2.05) is 6.07 Å². The van der Waals surface area contributed by atoms with E-state index in [0.29, 0.717) is 50.1 Å². The first-order valence-electron chi connectivity index (χ1n) is 8.66. The van der Waals surface area contributed by atoms with Gasteiger partial charge in [0.25, 0.3) is 0 Å². The van der Waals surface area contributed by atoms with Crippen LogP contribution in [-0.2, 0) is 14.3 Å². The molecule has 1 aromatic rings. The Labute approximate surface area is 152 Å². The summed E-state index contributed by atoms with van der Waals surface area (Å²) in [5.41, 5.74) is 1.47. The van der Waals surface area contributed by atoms with Gasteiger partial charge in [0.15, 0.2) is 5.78 Å². The van der Waals surface area contributed by atoms with Gasteiger partial charge in [0.2, 0.25) is 5.91 Å². The Hall–Kier alpha value is -1.63. The number of amides is 1. The predicted molar refractivity (Wildman–Crippen MR) is 95.4 cm³/mol. The molecule has 0 aliphatic carbocycles. The molecule has 3 rings (SSSR count). The number of morpholine rings is 2. The van der Waals surface area contributed by atoms with Crippen LogP contribution in [0.3, 0.4) is 0 Å². The van der Waals surface area contributed by atoms with E-state index in [2.05, 4.69) is 4.90 Å². The van der Waals surface area contributed by atoms with Crippen molar-refractivity contribution in [1.82, 2.24) is 4.90 Å². The number of carbonyl (C=O) groups excluding carboxylic acids is 2. The van der Waals surface area contributed by atoms with Crippen molar-refractivity contribution in [3.63, 3.8) is 0 Å². The van der Waals surface area contributed by atoms with Gasteiger partial charge in [-0.15, -0.1) is 0 Å². The molecule has 0 N–H and O–H groups in total. The SMILES string of the molecule is O=C(CCC(=O)N1CCOCC1)c1ccc(N2CCOCC2)c(Cl)c1. The average Bonchev–Trinajstić information content (AvgIpc) is 2.67. The van der Waals surface area contributed by atoms with Crippen molar-refractivity contribution in [2.24, 2.45) is 0 Å². The molecule has 0 radical (unpaired) electrons. The third-order valence-corrected chi connectivity index (χ3v) is 4.85. The van der Waals surface area contributed by atoms with Gasteiger partial charge in [-0.3, -0.25) is 9.59 Å². The molecule has 2 aliphatic heterocycles. The molecule has 2 fully saturated rings. The summed E-state index contributed by atoms with van der Waals surface area (Å²) in [5.74, 6) is -0.0512. The van der Waals surface area contributed by atoms with Gasteiger partial charge in [0.1, 0.15) is 0 Å². The molecule has 7 heteroatoms. The predicted octanol–water partition coefficient (Wildman–Crippen LogP) is 2.00. The first-order chi connectivity index (χ1) is 12.1. The van der Waals surface area contributed by atoms with Crippen molar-refractivity contribution in [1.29, 1.82) is 0 Å². The van der Waals surface area contributed by atoms with Crippen molar-refractivity contribution in [2.45, 2.75) is 12.8 Å². The van der Waals surface area contributed by atoms with E-state index < -0.39 is 0 Å². The van der Waals surface area contributed by atoms with Crippen molar-refractivity contribution in [2.75, 3.05) is 57.5 Å². The number of hydrogen-bond donors (Lipinski definition) is 0.